The molecule has 0 spiro atoms. The van der Waals surface area contributed by atoms with Gasteiger partial charge in [0.15, 0.2) is 0 Å². The molecule has 112 valence electrons. The van der Waals surface area contributed by atoms with Crippen LogP contribution in [0.1, 0.15) is 13.8 Å². The summed E-state index contributed by atoms with van der Waals surface area (Å²) >= 11 is 13.8. The lowest BCUT2D eigenvalue weighted by Gasteiger charge is -2.34. The molecule has 0 radical (unpaired) electrons. The first-order chi connectivity index (χ1) is 9.21. The van der Waals surface area contributed by atoms with Crippen LogP contribution in [-0.2, 0) is 10.0 Å². The van der Waals surface area contributed by atoms with Gasteiger partial charge in [-0.1, -0.05) is 37.0 Å². The monoisotopic (exact) mass is 354 g/mol. The van der Waals surface area contributed by atoms with Crippen molar-refractivity contribution in [2.45, 2.75) is 29.2 Å². The zero-order chi connectivity index (χ0) is 15.1. The van der Waals surface area contributed by atoms with Gasteiger partial charge in [-0.15, -0.1) is 0 Å². The summed E-state index contributed by atoms with van der Waals surface area (Å²) in [5, 5.41) is 0.599. The molecule has 1 aliphatic rings. The molecule has 4 nitrogen and oxygen atoms in total. The molecule has 8 heteroatoms. The van der Waals surface area contributed by atoms with Crippen molar-refractivity contribution in [1.82, 2.24) is 4.31 Å². The summed E-state index contributed by atoms with van der Waals surface area (Å²) in [4.78, 5) is -0.0543. The quantitative estimate of drug-likeness (QED) is 0.828. The van der Waals surface area contributed by atoms with E-state index in [9.17, 15) is 8.42 Å². The number of halogens is 2. The third-order valence-corrected chi connectivity index (χ3v) is 6.99. The summed E-state index contributed by atoms with van der Waals surface area (Å²) in [6.45, 7) is 4.92. The van der Waals surface area contributed by atoms with Crippen LogP contribution in [0.2, 0.25) is 10.0 Å². The predicted molar refractivity (Wildman–Crippen MR) is 86.1 cm³/mol. The van der Waals surface area contributed by atoms with Gasteiger partial charge in [0, 0.05) is 29.3 Å². The minimum absolute atomic E-state index is 0.0543. The molecule has 2 unspecified atom stereocenters. The van der Waals surface area contributed by atoms with Gasteiger partial charge in [0.1, 0.15) is 4.90 Å². The highest BCUT2D eigenvalue weighted by molar-refractivity contribution is 8.00. The first-order valence-corrected chi connectivity index (χ1v) is 9.26. The molecule has 1 aliphatic heterocycles. The average Bonchev–Trinajstić information content (AvgIpc) is 2.25. The van der Waals surface area contributed by atoms with Gasteiger partial charge in [0.2, 0.25) is 10.0 Å². The van der Waals surface area contributed by atoms with Crippen molar-refractivity contribution in [3.63, 3.8) is 0 Å². The largest absolute Gasteiger partial charge is 0.399 e. The third kappa shape index (κ3) is 3.20. The fourth-order valence-corrected chi connectivity index (χ4v) is 6.59. The van der Waals surface area contributed by atoms with Crippen molar-refractivity contribution >= 4 is 50.7 Å². The Kier molecular flexibility index (Phi) is 4.81. The molecule has 0 saturated carbocycles. The van der Waals surface area contributed by atoms with E-state index in [-0.39, 0.29) is 25.4 Å². The molecule has 0 amide bonds. The Morgan fingerprint density at radius 3 is 2.10 bits per heavy atom. The van der Waals surface area contributed by atoms with Crippen molar-refractivity contribution in [3.8, 4) is 0 Å². The van der Waals surface area contributed by atoms with E-state index < -0.39 is 10.0 Å². The smallest absolute Gasteiger partial charge is 0.246 e. The van der Waals surface area contributed by atoms with E-state index in [2.05, 4.69) is 0 Å². The standard InChI is InChI=1S/C12H16Cl2N2O2S2/c1-7-5-16(6-8(2)19-7)20(17,18)12-10(13)3-9(15)4-11(12)14/h3-4,7-8H,5-6,15H2,1-2H3. The van der Waals surface area contributed by atoms with E-state index in [0.717, 1.165) is 0 Å². The number of hydrogen-bond acceptors (Lipinski definition) is 4. The van der Waals surface area contributed by atoms with Gasteiger partial charge in [0.25, 0.3) is 0 Å². The number of nitrogens with two attached hydrogens (primary N) is 1. The molecule has 0 bridgehead atoms. The predicted octanol–water partition coefficient (Wildman–Crippen LogP) is 3.09. The molecule has 0 aliphatic carbocycles. The normalized spacial score (nSPS) is 24.8. The van der Waals surface area contributed by atoms with E-state index in [1.807, 2.05) is 13.8 Å². The van der Waals surface area contributed by atoms with Crippen molar-refractivity contribution in [2.75, 3.05) is 18.8 Å². The minimum atomic E-state index is -3.71. The second-order valence-corrected chi connectivity index (χ2v) is 9.46. The summed E-state index contributed by atoms with van der Waals surface area (Å²) in [6.07, 6.45) is 0. The third-order valence-electron chi connectivity index (χ3n) is 3.00. The minimum Gasteiger partial charge on any atom is -0.399 e. The van der Waals surface area contributed by atoms with Gasteiger partial charge in [-0.25, -0.2) is 8.42 Å². The summed E-state index contributed by atoms with van der Waals surface area (Å²) in [5.74, 6) is 0. The lowest BCUT2D eigenvalue weighted by atomic mass is 10.3. The number of nitrogen functional groups attached to an aromatic ring is 1. The number of anilines is 1. The van der Waals surface area contributed by atoms with Crippen LogP contribution < -0.4 is 5.73 Å². The van der Waals surface area contributed by atoms with Crippen LogP contribution in [0, 0.1) is 0 Å². The number of nitrogens with zero attached hydrogens (tertiary/aromatic N) is 1. The van der Waals surface area contributed by atoms with Crippen LogP contribution in [0.25, 0.3) is 0 Å². The van der Waals surface area contributed by atoms with E-state index in [0.29, 0.717) is 18.8 Å². The Labute approximate surface area is 133 Å². The molecule has 2 N–H and O–H groups in total. The lowest BCUT2D eigenvalue weighted by Crippen LogP contribution is -2.44. The average molecular weight is 355 g/mol. The Morgan fingerprint density at radius 2 is 1.65 bits per heavy atom. The van der Waals surface area contributed by atoms with Gasteiger partial charge in [-0.05, 0) is 12.1 Å². The Hall–Kier alpha value is -0.140. The maximum Gasteiger partial charge on any atom is 0.246 e. The first-order valence-electron chi connectivity index (χ1n) is 6.12. The Balaban J connectivity index is 2.45. The van der Waals surface area contributed by atoms with E-state index in [1.165, 1.54) is 16.4 Å². The SMILES string of the molecule is CC1CN(S(=O)(=O)c2c(Cl)cc(N)cc2Cl)CC(C)S1. The first kappa shape index (κ1) is 16.2. The maximum absolute atomic E-state index is 12.7. The second kappa shape index (κ2) is 5.93. The van der Waals surface area contributed by atoms with Gasteiger partial charge >= 0.3 is 0 Å². The van der Waals surface area contributed by atoms with Crippen molar-refractivity contribution in [1.29, 1.82) is 0 Å². The van der Waals surface area contributed by atoms with Crippen LogP contribution in [0.5, 0.6) is 0 Å². The number of hydrogen-bond donors (Lipinski definition) is 1. The fraction of sp³-hybridized carbons (Fsp3) is 0.500. The number of benzene rings is 1. The summed E-state index contributed by atoms with van der Waals surface area (Å²) in [6, 6.07) is 2.82. The van der Waals surface area contributed by atoms with E-state index >= 15 is 0 Å². The van der Waals surface area contributed by atoms with Gasteiger partial charge < -0.3 is 5.73 Å². The highest BCUT2D eigenvalue weighted by Crippen LogP contribution is 2.36. The number of thioether (sulfide) groups is 1. The highest BCUT2D eigenvalue weighted by atomic mass is 35.5. The molecule has 0 aromatic heterocycles. The summed E-state index contributed by atoms with van der Waals surface area (Å²) < 4.78 is 26.9. The van der Waals surface area contributed by atoms with Crippen LogP contribution in [0.15, 0.2) is 17.0 Å². The van der Waals surface area contributed by atoms with E-state index in [4.69, 9.17) is 28.9 Å². The number of sulfonamides is 1. The number of rotatable bonds is 2. The zero-order valence-electron chi connectivity index (χ0n) is 11.1. The van der Waals surface area contributed by atoms with Gasteiger partial charge in [-0.2, -0.15) is 16.1 Å². The molecule has 2 atom stereocenters. The Bertz CT molecular complexity index is 589. The Morgan fingerprint density at radius 1 is 1.20 bits per heavy atom. The molecule has 2 rings (SSSR count). The van der Waals surface area contributed by atoms with Crippen LogP contribution in [0.3, 0.4) is 0 Å². The van der Waals surface area contributed by atoms with E-state index in [1.54, 1.807) is 11.8 Å². The fourth-order valence-electron chi connectivity index (χ4n) is 2.28. The molecule has 1 aromatic rings. The van der Waals surface area contributed by atoms with Gasteiger partial charge in [-0.3, -0.25) is 0 Å². The van der Waals surface area contributed by atoms with Gasteiger partial charge in [0.05, 0.1) is 10.0 Å². The molecule has 1 fully saturated rings. The highest BCUT2D eigenvalue weighted by Gasteiger charge is 2.34. The molecule has 1 aromatic carbocycles. The molecular weight excluding hydrogens is 339 g/mol. The van der Waals surface area contributed by atoms with Crippen molar-refractivity contribution in [2.24, 2.45) is 0 Å². The lowest BCUT2D eigenvalue weighted by molar-refractivity contribution is 0.405. The molecule has 1 heterocycles. The van der Waals surface area contributed by atoms with Crippen molar-refractivity contribution < 1.29 is 8.42 Å². The zero-order valence-corrected chi connectivity index (χ0v) is 14.3. The van der Waals surface area contributed by atoms with Crippen LogP contribution in [-0.4, -0.2) is 36.3 Å². The van der Waals surface area contributed by atoms with Crippen molar-refractivity contribution in [3.05, 3.63) is 22.2 Å². The second-order valence-electron chi connectivity index (χ2n) is 4.89. The summed E-state index contributed by atoms with van der Waals surface area (Å²) in [5.41, 5.74) is 5.96. The summed E-state index contributed by atoms with van der Waals surface area (Å²) in [7, 11) is -3.71. The molecule has 20 heavy (non-hydrogen) atoms. The topological polar surface area (TPSA) is 63.4 Å². The maximum atomic E-state index is 12.7. The van der Waals surface area contributed by atoms with Crippen LogP contribution >= 0.6 is 35.0 Å². The molecule has 1 saturated heterocycles. The van der Waals surface area contributed by atoms with Crippen LogP contribution in [0.4, 0.5) is 5.69 Å². The molecular formula is C12H16Cl2N2O2S2.